The number of alkyl carbamates (subject to hydrolysis) is 1. The fourth-order valence-electron chi connectivity index (χ4n) is 0.906. The van der Waals surface area contributed by atoms with Crippen LogP contribution >= 0.6 is 0 Å². The number of carbonyl (C=O) groups excluding carboxylic acids is 2. The van der Waals surface area contributed by atoms with Gasteiger partial charge in [0.15, 0.2) is 0 Å². The second-order valence-electron chi connectivity index (χ2n) is 3.98. The molecule has 18 heavy (non-hydrogen) atoms. The molecule has 0 spiro atoms. The van der Waals surface area contributed by atoms with Crippen LogP contribution in [0.15, 0.2) is 0 Å². The lowest BCUT2D eigenvalue weighted by atomic mass is 10.2. The van der Waals surface area contributed by atoms with E-state index in [-0.39, 0.29) is 12.5 Å². The number of rotatable bonds is 7. The molecule has 0 unspecified atom stereocenters. The van der Waals surface area contributed by atoms with Gasteiger partial charge >= 0.3 is 12.1 Å². The summed E-state index contributed by atoms with van der Waals surface area (Å²) in [5.41, 5.74) is 0. The predicted octanol–water partition coefficient (Wildman–Crippen LogP) is -1.07. The van der Waals surface area contributed by atoms with Gasteiger partial charge in [-0.2, -0.15) is 0 Å². The molecule has 0 saturated carbocycles. The van der Waals surface area contributed by atoms with Gasteiger partial charge in [-0.1, -0.05) is 13.8 Å². The van der Waals surface area contributed by atoms with Gasteiger partial charge in [-0.25, -0.2) is 4.79 Å². The van der Waals surface area contributed by atoms with Gasteiger partial charge in [0.2, 0.25) is 5.91 Å². The first-order chi connectivity index (χ1) is 8.36. The van der Waals surface area contributed by atoms with E-state index in [0.29, 0.717) is 0 Å². The first-order valence-corrected chi connectivity index (χ1v) is 5.40. The molecule has 0 bridgehead atoms. The molecule has 0 aromatic carbocycles. The predicted molar refractivity (Wildman–Crippen MR) is 60.8 cm³/mol. The van der Waals surface area contributed by atoms with E-state index in [4.69, 9.17) is 14.9 Å². The molecule has 0 aromatic heterocycles. The number of hydrogen-bond donors (Lipinski definition) is 4. The van der Waals surface area contributed by atoms with Crippen LogP contribution in [-0.4, -0.2) is 54.0 Å². The third-order valence-electron chi connectivity index (χ3n) is 1.75. The Kier molecular flexibility index (Phi) is 7.45. The van der Waals surface area contributed by atoms with Crippen LogP contribution in [-0.2, 0) is 14.3 Å². The Morgan fingerprint density at radius 2 is 1.89 bits per heavy atom. The molecule has 0 aromatic rings. The Morgan fingerprint density at radius 1 is 1.28 bits per heavy atom. The molecule has 8 nitrogen and oxygen atoms in total. The molecule has 0 aliphatic rings. The molecule has 8 heteroatoms. The van der Waals surface area contributed by atoms with Crippen LogP contribution in [0, 0.1) is 5.92 Å². The number of nitrogens with one attached hydrogen (secondary N) is 2. The van der Waals surface area contributed by atoms with Crippen molar-refractivity contribution in [3.63, 3.8) is 0 Å². The lowest BCUT2D eigenvalue weighted by Crippen LogP contribution is -2.50. The van der Waals surface area contributed by atoms with E-state index in [0.717, 1.165) is 0 Å². The number of aliphatic carboxylic acids is 1. The minimum Gasteiger partial charge on any atom is -0.480 e. The average Bonchev–Trinajstić information content (AvgIpc) is 2.30. The number of carboxylic acid groups (broad SMARTS) is 1. The summed E-state index contributed by atoms with van der Waals surface area (Å²) in [6.45, 7) is 2.63. The lowest BCUT2D eigenvalue weighted by molar-refractivity contribution is -0.138. The van der Waals surface area contributed by atoms with E-state index in [1.807, 2.05) is 19.2 Å². The van der Waals surface area contributed by atoms with Crippen molar-refractivity contribution in [3.05, 3.63) is 0 Å². The molecule has 0 aliphatic carbocycles. The largest absolute Gasteiger partial charge is 0.480 e. The SMILES string of the molecule is CC(C)COC(=O)N[C@H](CO)C(=O)NCC(=O)O. The highest BCUT2D eigenvalue weighted by molar-refractivity contribution is 5.88. The van der Waals surface area contributed by atoms with Crippen LogP contribution in [0.25, 0.3) is 0 Å². The smallest absolute Gasteiger partial charge is 0.407 e. The average molecular weight is 262 g/mol. The molecular formula is C10H18N2O6. The van der Waals surface area contributed by atoms with Crippen molar-refractivity contribution in [2.45, 2.75) is 19.9 Å². The summed E-state index contributed by atoms with van der Waals surface area (Å²) in [6, 6.07) is -1.23. The molecule has 2 amide bonds. The van der Waals surface area contributed by atoms with Gasteiger partial charge in [0.25, 0.3) is 0 Å². The molecule has 0 heterocycles. The van der Waals surface area contributed by atoms with Crippen LogP contribution < -0.4 is 10.6 Å². The highest BCUT2D eigenvalue weighted by Crippen LogP contribution is 1.93. The zero-order valence-electron chi connectivity index (χ0n) is 10.3. The molecule has 0 aliphatic heterocycles. The number of amides is 2. The van der Waals surface area contributed by atoms with Crippen molar-refractivity contribution < 1.29 is 29.3 Å². The van der Waals surface area contributed by atoms with Crippen LogP contribution in [0.5, 0.6) is 0 Å². The van der Waals surface area contributed by atoms with Crippen LogP contribution in [0.2, 0.25) is 0 Å². The van der Waals surface area contributed by atoms with Gasteiger partial charge in [-0.05, 0) is 5.92 Å². The zero-order chi connectivity index (χ0) is 14.1. The maximum absolute atomic E-state index is 11.3. The highest BCUT2D eigenvalue weighted by atomic mass is 16.5. The second-order valence-corrected chi connectivity index (χ2v) is 3.98. The maximum atomic E-state index is 11.3. The van der Waals surface area contributed by atoms with E-state index in [2.05, 4.69) is 5.32 Å². The van der Waals surface area contributed by atoms with Crippen molar-refractivity contribution in [2.75, 3.05) is 19.8 Å². The Morgan fingerprint density at radius 3 is 2.33 bits per heavy atom. The van der Waals surface area contributed by atoms with Gasteiger partial charge in [-0.3, -0.25) is 9.59 Å². The molecule has 104 valence electrons. The quantitative estimate of drug-likeness (QED) is 0.463. The minimum absolute atomic E-state index is 0.143. The van der Waals surface area contributed by atoms with Gasteiger partial charge in [-0.15, -0.1) is 0 Å². The van der Waals surface area contributed by atoms with Gasteiger partial charge < -0.3 is 25.6 Å². The number of aliphatic hydroxyl groups excluding tert-OH is 1. The number of hydrogen-bond acceptors (Lipinski definition) is 5. The van der Waals surface area contributed by atoms with Crippen molar-refractivity contribution in [1.82, 2.24) is 10.6 Å². The van der Waals surface area contributed by atoms with Crippen molar-refractivity contribution in [3.8, 4) is 0 Å². The number of carboxylic acids is 1. The Labute approximate surface area is 104 Å². The molecule has 4 N–H and O–H groups in total. The van der Waals surface area contributed by atoms with E-state index >= 15 is 0 Å². The van der Waals surface area contributed by atoms with Gasteiger partial charge in [0.05, 0.1) is 13.2 Å². The first-order valence-electron chi connectivity index (χ1n) is 5.40. The number of aliphatic hydroxyl groups is 1. The van der Waals surface area contributed by atoms with E-state index in [9.17, 15) is 14.4 Å². The topological polar surface area (TPSA) is 125 Å². The van der Waals surface area contributed by atoms with Crippen LogP contribution in [0.1, 0.15) is 13.8 Å². The molecule has 0 saturated heterocycles. The maximum Gasteiger partial charge on any atom is 0.407 e. The number of carbonyl (C=O) groups is 3. The Hall–Kier alpha value is -1.83. The van der Waals surface area contributed by atoms with Crippen molar-refractivity contribution in [1.29, 1.82) is 0 Å². The van der Waals surface area contributed by atoms with Crippen LogP contribution in [0.4, 0.5) is 4.79 Å². The highest BCUT2D eigenvalue weighted by Gasteiger charge is 2.20. The summed E-state index contributed by atoms with van der Waals surface area (Å²) in [4.78, 5) is 32.8. The summed E-state index contributed by atoms with van der Waals surface area (Å²) in [5.74, 6) is -1.87. The fraction of sp³-hybridized carbons (Fsp3) is 0.700. The van der Waals surface area contributed by atoms with Gasteiger partial charge in [0, 0.05) is 0 Å². The molecular weight excluding hydrogens is 244 g/mol. The summed E-state index contributed by atoms with van der Waals surface area (Å²) >= 11 is 0. The Bertz CT molecular complexity index is 305. The normalized spacial score (nSPS) is 11.8. The summed E-state index contributed by atoms with van der Waals surface area (Å²) in [6.07, 6.45) is -0.840. The second kappa shape index (κ2) is 8.29. The third-order valence-corrected chi connectivity index (χ3v) is 1.75. The standard InChI is InChI=1S/C10H18N2O6/c1-6(2)5-18-10(17)12-7(4-13)9(16)11-3-8(14)15/h6-7,13H,3-5H2,1-2H3,(H,11,16)(H,12,17)(H,14,15)/t7-/m1/s1. The third kappa shape index (κ3) is 7.44. The zero-order valence-corrected chi connectivity index (χ0v) is 10.3. The van der Waals surface area contributed by atoms with Gasteiger partial charge in [0.1, 0.15) is 12.6 Å². The fourth-order valence-corrected chi connectivity index (χ4v) is 0.906. The Balaban J connectivity index is 4.12. The molecule has 1 atom stereocenters. The van der Waals surface area contributed by atoms with E-state index < -0.39 is 37.2 Å². The summed E-state index contributed by atoms with van der Waals surface area (Å²) in [7, 11) is 0. The number of ether oxygens (including phenoxy) is 1. The van der Waals surface area contributed by atoms with Crippen LogP contribution in [0.3, 0.4) is 0 Å². The van der Waals surface area contributed by atoms with Crippen molar-refractivity contribution >= 4 is 18.0 Å². The monoisotopic (exact) mass is 262 g/mol. The molecule has 0 fully saturated rings. The van der Waals surface area contributed by atoms with E-state index in [1.165, 1.54) is 0 Å². The minimum atomic E-state index is -1.23. The summed E-state index contributed by atoms with van der Waals surface area (Å²) < 4.78 is 4.75. The molecule has 0 rings (SSSR count). The van der Waals surface area contributed by atoms with Crippen molar-refractivity contribution in [2.24, 2.45) is 5.92 Å². The first kappa shape index (κ1) is 16.2. The summed E-state index contributed by atoms with van der Waals surface area (Å²) in [5, 5.41) is 21.4. The lowest BCUT2D eigenvalue weighted by Gasteiger charge is -2.16. The van der Waals surface area contributed by atoms with E-state index in [1.54, 1.807) is 0 Å². The molecule has 0 radical (unpaired) electrons.